The second-order valence-electron chi connectivity index (χ2n) is 7.57. The highest BCUT2D eigenvalue weighted by Gasteiger charge is 2.35. The second-order valence-corrected chi connectivity index (χ2v) is 9.61. The Hall–Kier alpha value is -2.84. The van der Waals surface area contributed by atoms with Crippen LogP contribution in [0.3, 0.4) is 0 Å². The average molecular weight is 468 g/mol. The molecule has 6 nitrogen and oxygen atoms in total. The largest absolute Gasteiger partial charge is 0.494 e. The number of aromatic nitrogens is 1. The maximum absolute atomic E-state index is 12.8. The van der Waals surface area contributed by atoms with Crippen LogP contribution in [-0.2, 0) is 9.59 Å². The highest BCUT2D eigenvalue weighted by Crippen LogP contribution is 2.38. The molecule has 3 aromatic rings. The maximum Gasteiger partial charge on any atom is 0.238 e. The number of amides is 2. The van der Waals surface area contributed by atoms with E-state index in [1.54, 1.807) is 6.92 Å². The number of nitrogens with zero attached hydrogens (tertiary/aromatic N) is 1. The molecule has 4 rings (SSSR count). The zero-order valence-electron chi connectivity index (χ0n) is 18.0. The first-order chi connectivity index (χ1) is 15.5. The van der Waals surface area contributed by atoms with Gasteiger partial charge in [0.25, 0.3) is 0 Å². The van der Waals surface area contributed by atoms with Crippen LogP contribution in [0.15, 0.2) is 58.8 Å². The van der Waals surface area contributed by atoms with Crippen molar-refractivity contribution in [2.45, 2.75) is 36.8 Å². The van der Waals surface area contributed by atoms with Gasteiger partial charge in [0.15, 0.2) is 5.13 Å². The van der Waals surface area contributed by atoms with Crippen LogP contribution in [0.1, 0.15) is 26.7 Å². The molecule has 1 aliphatic rings. The molecule has 2 unspecified atom stereocenters. The summed E-state index contributed by atoms with van der Waals surface area (Å²) in [5, 5.41) is 7.69. The van der Waals surface area contributed by atoms with Crippen LogP contribution in [-0.4, -0.2) is 28.7 Å². The van der Waals surface area contributed by atoms with E-state index in [2.05, 4.69) is 22.5 Å². The van der Waals surface area contributed by atoms with Crippen LogP contribution in [0.4, 0.5) is 10.8 Å². The van der Waals surface area contributed by atoms with Crippen molar-refractivity contribution >= 4 is 45.7 Å². The number of nitrogens with one attached hydrogen (secondary N) is 2. The number of thiazole rings is 1. The van der Waals surface area contributed by atoms with E-state index in [4.69, 9.17) is 4.74 Å². The Labute approximate surface area is 195 Å². The first-order valence-corrected chi connectivity index (χ1v) is 12.4. The third kappa shape index (κ3) is 5.14. The van der Waals surface area contributed by atoms with Crippen LogP contribution >= 0.6 is 23.1 Å². The summed E-state index contributed by atoms with van der Waals surface area (Å²) in [6.07, 6.45) is 2.13. The summed E-state index contributed by atoms with van der Waals surface area (Å²) in [5.41, 5.74) is 2.53. The number of carbonyl (C=O) groups is 2. The SMILES string of the molecule is CCCCOc1ccc(-c2csc(NC(=O)C(C)C3Sc4ccccc4NC3=O)n2)cc1. The molecule has 0 saturated carbocycles. The van der Waals surface area contributed by atoms with Crippen LogP contribution in [0.25, 0.3) is 11.3 Å². The monoisotopic (exact) mass is 467 g/mol. The number of benzene rings is 2. The first-order valence-electron chi connectivity index (χ1n) is 10.6. The third-order valence-corrected chi connectivity index (χ3v) is 7.42. The van der Waals surface area contributed by atoms with Crippen molar-refractivity contribution in [1.82, 2.24) is 4.98 Å². The van der Waals surface area contributed by atoms with Crippen molar-refractivity contribution in [3.63, 3.8) is 0 Å². The summed E-state index contributed by atoms with van der Waals surface area (Å²) in [7, 11) is 0. The minimum Gasteiger partial charge on any atom is -0.494 e. The van der Waals surface area contributed by atoms with E-state index >= 15 is 0 Å². The summed E-state index contributed by atoms with van der Waals surface area (Å²) in [6, 6.07) is 15.4. The summed E-state index contributed by atoms with van der Waals surface area (Å²) < 4.78 is 5.70. The minimum absolute atomic E-state index is 0.155. The van der Waals surface area contributed by atoms with E-state index in [9.17, 15) is 9.59 Å². The van der Waals surface area contributed by atoms with E-state index in [1.807, 2.05) is 53.9 Å². The normalized spacial score (nSPS) is 16.1. The Balaban J connectivity index is 1.38. The van der Waals surface area contributed by atoms with Crippen LogP contribution < -0.4 is 15.4 Å². The highest BCUT2D eigenvalue weighted by molar-refractivity contribution is 8.01. The molecule has 0 spiro atoms. The second kappa shape index (κ2) is 10.2. The van der Waals surface area contributed by atoms with Gasteiger partial charge in [0, 0.05) is 15.8 Å². The van der Waals surface area contributed by atoms with E-state index in [1.165, 1.54) is 23.1 Å². The Bertz CT molecular complexity index is 1100. The lowest BCUT2D eigenvalue weighted by Crippen LogP contribution is -2.39. The molecule has 0 aliphatic carbocycles. The fourth-order valence-electron chi connectivity index (χ4n) is 3.27. The van der Waals surface area contributed by atoms with Crippen LogP contribution in [0, 0.1) is 5.92 Å². The topological polar surface area (TPSA) is 80.3 Å². The van der Waals surface area contributed by atoms with E-state index in [0.29, 0.717) is 11.7 Å². The number of carbonyl (C=O) groups excluding carboxylic acids is 2. The minimum atomic E-state index is -0.514. The first kappa shape index (κ1) is 22.4. The predicted octanol–water partition coefficient (Wildman–Crippen LogP) is 5.68. The van der Waals surface area contributed by atoms with Crippen molar-refractivity contribution in [2.24, 2.45) is 5.92 Å². The van der Waals surface area contributed by atoms with Gasteiger partial charge in [-0.1, -0.05) is 32.4 Å². The van der Waals surface area contributed by atoms with Gasteiger partial charge in [0.1, 0.15) is 5.75 Å². The lowest BCUT2D eigenvalue weighted by atomic mass is 10.1. The number of ether oxygens (including phenoxy) is 1. The van der Waals surface area contributed by atoms with Gasteiger partial charge < -0.3 is 15.4 Å². The summed E-state index contributed by atoms with van der Waals surface area (Å²) >= 11 is 2.79. The van der Waals surface area contributed by atoms with Gasteiger partial charge in [0.05, 0.1) is 29.2 Å². The lowest BCUT2D eigenvalue weighted by Gasteiger charge is -2.27. The Kier molecular flexibility index (Phi) is 7.12. The molecular formula is C24H25N3O3S2. The van der Waals surface area contributed by atoms with Gasteiger partial charge in [-0.15, -0.1) is 23.1 Å². The lowest BCUT2D eigenvalue weighted by molar-refractivity contribution is -0.123. The number of fused-ring (bicyclic) bond motifs is 1. The van der Waals surface area contributed by atoms with Crippen molar-refractivity contribution < 1.29 is 14.3 Å². The summed E-state index contributed by atoms with van der Waals surface area (Å²) in [4.78, 5) is 30.9. The van der Waals surface area contributed by atoms with Crippen molar-refractivity contribution in [2.75, 3.05) is 17.2 Å². The van der Waals surface area contributed by atoms with Gasteiger partial charge in [-0.2, -0.15) is 0 Å². The predicted molar refractivity (Wildman–Crippen MR) is 130 cm³/mol. The number of unbranched alkanes of at least 4 members (excludes halogenated alkanes) is 1. The average Bonchev–Trinajstić information content (AvgIpc) is 3.27. The molecule has 8 heteroatoms. The fraction of sp³-hybridized carbons (Fsp3) is 0.292. The smallest absolute Gasteiger partial charge is 0.238 e. The zero-order valence-corrected chi connectivity index (χ0v) is 19.6. The maximum atomic E-state index is 12.8. The zero-order chi connectivity index (χ0) is 22.5. The number of anilines is 2. The Morgan fingerprint density at radius 1 is 1.22 bits per heavy atom. The molecule has 32 heavy (non-hydrogen) atoms. The molecule has 1 aromatic heterocycles. The molecule has 0 radical (unpaired) electrons. The quantitative estimate of drug-likeness (QED) is 0.417. The van der Waals surface area contributed by atoms with Crippen molar-refractivity contribution in [1.29, 1.82) is 0 Å². The van der Waals surface area contributed by atoms with Gasteiger partial charge in [-0.3, -0.25) is 9.59 Å². The van der Waals surface area contributed by atoms with Crippen LogP contribution in [0.5, 0.6) is 5.75 Å². The number of hydrogen-bond acceptors (Lipinski definition) is 6. The summed E-state index contributed by atoms with van der Waals surface area (Å²) in [5.74, 6) is -0.0556. The Morgan fingerprint density at radius 2 is 2.00 bits per heavy atom. The van der Waals surface area contributed by atoms with Crippen LogP contribution in [0.2, 0.25) is 0 Å². The van der Waals surface area contributed by atoms with Gasteiger partial charge >= 0.3 is 0 Å². The molecule has 0 bridgehead atoms. The third-order valence-electron chi connectivity index (χ3n) is 5.18. The van der Waals surface area contributed by atoms with E-state index < -0.39 is 11.2 Å². The number of thioether (sulfide) groups is 1. The van der Waals surface area contributed by atoms with Crippen molar-refractivity contribution in [3.8, 4) is 17.0 Å². The van der Waals surface area contributed by atoms with Gasteiger partial charge in [-0.05, 0) is 42.8 Å². The molecule has 0 saturated heterocycles. The fourth-order valence-corrected chi connectivity index (χ4v) is 5.17. The van der Waals surface area contributed by atoms with E-state index in [-0.39, 0.29) is 11.8 Å². The molecule has 2 N–H and O–H groups in total. The molecule has 2 heterocycles. The molecule has 166 valence electrons. The Morgan fingerprint density at radius 3 is 2.78 bits per heavy atom. The number of hydrogen-bond donors (Lipinski definition) is 2. The van der Waals surface area contributed by atoms with Gasteiger partial charge in [-0.25, -0.2) is 4.98 Å². The molecule has 2 atom stereocenters. The molecular weight excluding hydrogens is 442 g/mol. The van der Waals surface area contributed by atoms with Crippen molar-refractivity contribution in [3.05, 3.63) is 53.9 Å². The number of rotatable bonds is 8. The molecule has 0 fully saturated rings. The standard InChI is InChI=1S/C24H25N3O3S2/c1-3-4-13-30-17-11-9-16(10-12-17)19-14-31-24(26-19)27-22(28)15(2)21-23(29)25-18-7-5-6-8-20(18)32-21/h5-12,14-15,21H,3-4,13H2,1-2H3,(H,25,29)(H,26,27,28). The molecule has 2 amide bonds. The van der Waals surface area contributed by atoms with E-state index in [0.717, 1.165) is 40.4 Å². The molecule has 2 aromatic carbocycles. The number of para-hydroxylation sites is 1. The van der Waals surface area contributed by atoms with Gasteiger partial charge in [0.2, 0.25) is 11.8 Å². The molecule has 1 aliphatic heterocycles. The summed E-state index contributed by atoms with van der Waals surface area (Å²) in [6.45, 7) is 4.61. The highest BCUT2D eigenvalue weighted by atomic mass is 32.2.